The maximum absolute atomic E-state index is 11.7. The summed E-state index contributed by atoms with van der Waals surface area (Å²) in [5.74, 6) is 0. The number of nitrogens with zero attached hydrogens (tertiary/aromatic N) is 2. The smallest absolute Gasteiger partial charge is 0.164 e. The van der Waals surface area contributed by atoms with Crippen LogP contribution in [0.3, 0.4) is 0 Å². The third-order valence-electron chi connectivity index (χ3n) is 0.863. The summed E-state index contributed by atoms with van der Waals surface area (Å²) in [5.41, 5.74) is -0.963. The van der Waals surface area contributed by atoms with Crippen molar-refractivity contribution in [3.63, 3.8) is 0 Å². The van der Waals surface area contributed by atoms with E-state index in [2.05, 4.69) is 10.2 Å². The van der Waals surface area contributed by atoms with Crippen LogP contribution in [-0.2, 0) is 6.18 Å². The molecule has 0 amide bonds. The van der Waals surface area contributed by atoms with Gasteiger partial charge in [0.15, 0.2) is 5.69 Å². The number of hydrogen-bond acceptors (Lipinski definition) is 2. The Morgan fingerprint density at radius 1 is 1.30 bits per heavy atom. The third-order valence-corrected chi connectivity index (χ3v) is 0.863. The number of halogens is 3. The first-order chi connectivity index (χ1) is 4.61. The van der Waals surface area contributed by atoms with Gasteiger partial charge < -0.3 is 0 Å². The van der Waals surface area contributed by atoms with Gasteiger partial charge in [-0.1, -0.05) is 0 Å². The number of alkyl halides is 3. The lowest BCUT2D eigenvalue weighted by atomic mass is 10.4. The summed E-state index contributed by atoms with van der Waals surface area (Å²) in [6.07, 6.45) is -3.19. The maximum atomic E-state index is 11.7. The largest absolute Gasteiger partial charge is 0.435 e. The number of aromatic nitrogens is 2. The lowest BCUT2D eigenvalue weighted by Crippen LogP contribution is -2.07. The van der Waals surface area contributed by atoms with Gasteiger partial charge in [0.25, 0.3) is 0 Å². The molecule has 0 saturated heterocycles. The SMILES string of the molecule is FC(F)(F)c1cccnn1. The first-order valence-corrected chi connectivity index (χ1v) is 2.45. The van der Waals surface area contributed by atoms with Gasteiger partial charge in [0.2, 0.25) is 0 Å². The second kappa shape index (κ2) is 2.24. The maximum Gasteiger partial charge on any atom is 0.435 e. The molecule has 5 heteroatoms. The van der Waals surface area contributed by atoms with E-state index in [4.69, 9.17) is 0 Å². The van der Waals surface area contributed by atoms with Gasteiger partial charge in [0, 0.05) is 6.20 Å². The predicted molar refractivity (Wildman–Crippen MR) is 27.0 cm³/mol. The molecular formula is C5H3F3N2. The Bertz CT molecular complexity index is 206. The van der Waals surface area contributed by atoms with Crippen molar-refractivity contribution in [1.82, 2.24) is 10.2 Å². The van der Waals surface area contributed by atoms with Crippen LogP contribution in [0.2, 0.25) is 0 Å². The standard InChI is InChI=1S/C5H3F3N2/c6-5(7,8)4-2-1-3-9-10-4/h1-3H. The van der Waals surface area contributed by atoms with Crippen molar-refractivity contribution in [2.24, 2.45) is 0 Å². The molecule has 10 heavy (non-hydrogen) atoms. The van der Waals surface area contributed by atoms with Crippen molar-refractivity contribution < 1.29 is 13.2 Å². The van der Waals surface area contributed by atoms with E-state index in [9.17, 15) is 13.2 Å². The molecule has 1 aromatic rings. The number of rotatable bonds is 0. The summed E-state index contributed by atoms with van der Waals surface area (Å²) >= 11 is 0. The fourth-order valence-corrected chi connectivity index (χ4v) is 0.453. The van der Waals surface area contributed by atoms with Gasteiger partial charge in [0.1, 0.15) is 0 Å². The first kappa shape index (κ1) is 6.98. The topological polar surface area (TPSA) is 25.8 Å². The zero-order valence-corrected chi connectivity index (χ0v) is 4.76. The van der Waals surface area contributed by atoms with E-state index in [-0.39, 0.29) is 0 Å². The molecule has 0 radical (unpaired) electrons. The van der Waals surface area contributed by atoms with Crippen molar-refractivity contribution in [2.45, 2.75) is 6.18 Å². The van der Waals surface area contributed by atoms with Crippen LogP contribution in [-0.4, -0.2) is 10.2 Å². The van der Waals surface area contributed by atoms with Crippen LogP contribution in [0.25, 0.3) is 0 Å². The van der Waals surface area contributed by atoms with Gasteiger partial charge >= 0.3 is 6.18 Å². The minimum atomic E-state index is -4.38. The van der Waals surface area contributed by atoms with E-state index in [1.807, 2.05) is 0 Å². The fourth-order valence-electron chi connectivity index (χ4n) is 0.453. The fraction of sp³-hybridized carbons (Fsp3) is 0.200. The predicted octanol–water partition coefficient (Wildman–Crippen LogP) is 1.50. The van der Waals surface area contributed by atoms with Crippen LogP contribution in [0.4, 0.5) is 13.2 Å². The molecule has 54 valence electrons. The molecule has 0 saturated carbocycles. The quantitative estimate of drug-likeness (QED) is 0.557. The van der Waals surface area contributed by atoms with Gasteiger partial charge in [-0.15, -0.1) is 5.10 Å². The highest BCUT2D eigenvalue weighted by Gasteiger charge is 2.32. The Kier molecular flexibility index (Phi) is 1.57. The molecule has 2 nitrogen and oxygen atoms in total. The summed E-state index contributed by atoms with van der Waals surface area (Å²) in [6.45, 7) is 0. The highest BCUT2D eigenvalue weighted by Crippen LogP contribution is 2.25. The average Bonchev–Trinajstić information content (AvgIpc) is 1.88. The molecular weight excluding hydrogens is 145 g/mol. The molecule has 0 bridgehead atoms. The summed E-state index contributed by atoms with van der Waals surface area (Å²) < 4.78 is 35.1. The van der Waals surface area contributed by atoms with E-state index in [1.165, 1.54) is 12.3 Å². The molecule has 0 unspecified atom stereocenters. The Morgan fingerprint density at radius 3 is 2.30 bits per heavy atom. The van der Waals surface area contributed by atoms with Crippen molar-refractivity contribution >= 4 is 0 Å². The molecule has 0 aliphatic carbocycles. The van der Waals surface area contributed by atoms with Crippen LogP contribution >= 0.6 is 0 Å². The Morgan fingerprint density at radius 2 is 2.00 bits per heavy atom. The summed E-state index contributed by atoms with van der Waals surface area (Å²) in [6, 6.07) is 2.06. The van der Waals surface area contributed by atoms with Gasteiger partial charge in [0.05, 0.1) is 0 Å². The lowest BCUT2D eigenvalue weighted by Gasteiger charge is -2.01. The molecule has 1 heterocycles. The molecule has 0 spiro atoms. The molecule has 0 fully saturated rings. The molecule has 0 aliphatic heterocycles. The van der Waals surface area contributed by atoms with E-state index < -0.39 is 11.9 Å². The first-order valence-electron chi connectivity index (χ1n) is 2.45. The lowest BCUT2D eigenvalue weighted by molar-refractivity contribution is -0.141. The Labute approximate surface area is 54.7 Å². The van der Waals surface area contributed by atoms with E-state index in [1.54, 1.807) is 0 Å². The normalized spacial score (nSPS) is 11.5. The van der Waals surface area contributed by atoms with Crippen LogP contribution in [0.5, 0.6) is 0 Å². The minimum Gasteiger partial charge on any atom is -0.164 e. The van der Waals surface area contributed by atoms with E-state index in [0.29, 0.717) is 0 Å². The summed E-state index contributed by atoms with van der Waals surface area (Å²) in [5, 5.41) is 5.96. The number of hydrogen-bond donors (Lipinski definition) is 0. The minimum absolute atomic E-state index is 0.868. The van der Waals surface area contributed by atoms with Gasteiger partial charge in [-0.2, -0.15) is 18.3 Å². The zero-order valence-electron chi connectivity index (χ0n) is 4.76. The van der Waals surface area contributed by atoms with Gasteiger partial charge in [-0.25, -0.2) is 0 Å². The molecule has 0 aliphatic rings. The second-order valence-electron chi connectivity index (χ2n) is 1.61. The van der Waals surface area contributed by atoms with Crippen molar-refractivity contribution in [1.29, 1.82) is 0 Å². The molecule has 0 aromatic carbocycles. The molecule has 1 aromatic heterocycles. The van der Waals surface area contributed by atoms with Crippen LogP contribution < -0.4 is 0 Å². The summed E-state index contributed by atoms with van der Waals surface area (Å²) in [4.78, 5) is 0. The van der Waals surface area contributed by atoms with Crippen LogP contribution in [0, 0.1) is 0 Å². The van der Waals surface area contributed by atoms with Crippen LogP contribution in [0.1, 0.15) is 5.69 Å². The highest BCUT2D eigenvalue weighted by atomic mass is 19.4. The molecule has 0 N–H and O–H groups in total. The average molecular weight is 148 g/mol. The van der Waals surface area contributed by atoms with Crippen molar-refractivity contribution in [2.75, 3.05) is 0 Å². The second-order valence-corrected chi connectivity index (χ2v) is 1.61. The van der Waals surface area contributed by atoms with Crippen molar-refractivity contribution in [3.8, 4) is 0 Å². The zero-order chi connectivity index (χ0) is 7.61. The highest BCUT2D eigenvalue weighted by molar-refractivity contribution is 5.02. The van der Waals surface area contributed by atoms with E-state index >= 15 is 0 Å². The Hall–Kier alpha value is -1.13. The Balaban J connectivity index is 2.97. The molecule has 0 atom stereocenters. The monoisotopic (exact) mass is 148 g/mol. The summed E-state index contributed by atoms with van der Waals surface area (Å²) in [7, 11) is 0. The van der Waals surface area contributed by atoms with E-state index in [0.717, 1.165) is 6.07 Å². The van der Waals surface area contributed by atoms with Crippen LogP contribution in [0.15, 0.2) is 18.3 Å². The van der Waals surface area contributed by atoms with Gasteiger partial charge in [-0.05, 0) is 12.1 Å². The van der Waals surface area contributed by atoms with Gasteiger partial charge in [-0.3, -0.25) is 0 Å². The van der Waals surface area contributed by atoms with Crippen molar-refractivity contribution in [3.05, 3.63) is 24.0 Å². The third kappa shape index (κ3) is 1.43. The molecule has 1 rings (SSSR count).